The molecule has 3 rings (SSSR count). The molecule has 0 aliphatic heterocycles. The Labute approximate surface area is 181 Å². The van der Waals surface area contributed by atoms with Crippen molar-refractivity contribution in [3.8, 4) is 28.0 Å². The van der Waals surface area contributed by atoms with Crippen LogP contribution in [-0.2, 0) is 0 Å². The first-order valence-corrected chi connectivity index (χ1v) is 11.4. The summed E-state index contributed by atoms with van der Waals surface area (Å²) in [5.41, 5.74) is 4.92. The summed E-state index contributed by atoms with van der Waals surface area (Å²) in [6.45, 7) is 1.12. The van der Waals surface area contributed by atoms with Gasteiger partial charge in [0.25, 0.3) is 0 Å². The molecule has 0 fully saturated rings. The average Bonchev–Trinajstić information content (AvgIpc) is 2.81. The summed E-state index contributed by atoms with van der Waals surface area (Å²) >= 11 is 0. The van der Waals surface area contributed by atoms with Crippen LogP contribution in [0.15, 0.2) is 78.9 Å². The van der Waals surface area contributed by atoms with E-state index in [-0.39, 0.29) is 0 Å². The number of rotatable bonds is 13. The van der Waals surface area contributed by atoms with Crippen LogP contribution in [0.5, 0.6) is 5.75 Å². The Morgan fingerprint density at radius 1 is 0.467 bits per heavy atom. The predicted molar refractivity (Wildman–Crippen MR) is 127 cm³/mol. The maximum Gasteiger partial charge on any atom is 0.119 e. The van der Waals surface area contributed by atoms with E-state index in [1.165, 1.54) is 54.4 Å². The highest BCUT2D eigenvalue weighted by Gasteiger charge is 2.01. The van der Waals surface area contributed by atoms with Gasteiger partial charge in [0.2, 0.25) is 0 Å². The summed E-state index contributed by atoms with van der Waals surface area (Å²) in [5, 5.41) is 8.77. The van der Waals surface area contributed by atoms with Gasteiger partial charge in [-0.25, -0.2) is 0 Å². The molecule has 158 valence electrons. The molecule has 0 unspecified atom stereocenters. The lowest BCUT2D eigenvalue weighted by Crippen LogP contribution is -1.97. The maximum atomic E-state index is 8.77. The second-order valence-electron chi connectivity index (χ2n) is 7.87. The van der Waals surface area contributed by atoms with Gasteiger partial charge in [0.05, 0.1) is 6.61 Å². The van der Waals surface area contributed by atoms with Gasteiger partial charge < -0.3 is 9.84 Å². The van der Waals surface area contributed by atoms with Crippen LogP contribution in [0.25, 0.3) is 22.3 Å². The molecule has 0 heterocycles. The molecule has 2 nitrogen and oxygen atoms in total. The van der Waals surface area contributed by atoms with E-state index in [0.29, 0.717) is 6.61 Å². The summed E-state index contributed by atoms with van der Waals surface area (Å²) < 4.78 is 5.91. The van der Waals surface area contributed by atoms with Gasteiger partial charge in [-0.05, 0) is 47.2 Å². The van der Waals surface area contributed by atoms with Gasteiger partial charge in [-0.3, -0.25) is 0 Å². The van der Waals surface area contributed by atoms with Gasteiger partial charge in [0.1, 0.15) is 5.75 Å². The molecule has 30 heavy (non-hydrogen) atoms. The Hall–Kier alpha value is -2.58. The standard InChI is InChI=1S/C28H34O2/c29-22-10-5-3-1-2-4-6-11-23-30-28-20-18-27(19-21-28)26-16-14-25(15-17-26)24-12-8-7-9-13-24/h7-9,12-21,29H,1-6,10-11,22-23H2. The highest BCUT2D eigenvalue weighted by molar-refractivity contribution is 5.70. The van der Waals surface area contributed by atoms with E-state index in [0.717, 1.165) is 31.6 Å². The van der Waals surface area contributed by atoms with Crippen LogP contribution < -0.4 is 4.74 Å². The fraction of sp³-hybridized carbons (Fsp3) is 0.357. The summed E-state index contributed by atoms with van der Waals surface area (Å²) in [6.07, 6.45) is 9.56. The van der Waals surface area contributed by atoms with Crippen molar-refractivity contribution < 1.29 is 9.84 Å². The van der Waals surface area contributed by atoms with Crippen LogP contribution in [0.4, 0.5) is 0 Å². The molecule has 3 aromatic carbocycles. The maximum absolute atomic E-state index is 8.77. The number of hydrogen-bond donors (Lipinski definition) is 1. The molecule has 0 bridgehead atoms. The van der Waals surface area contributed by atoms with Crippen molar-refractivity contribution in [2.75, 3.05) is 13.2 Å². The number of benzene rings is 3. The van der Waals surface area contributed by atoms with Crippen molar-refractivity contribution in [2.45, 2.75) is 51.4 Å². The molecule has 3 aromatic rings. The third kappa shape index (κ3) is 7.35. The van der Waals surface area contributed by atoms with Crippen molar-refractivity contribution in [3.05, 3.63) is 78.9 Å². The van der Waals surface area contributed by atoms with Crippen molar-refractivity contribution in [1.82, 2.24) is 0 Å². The first kappa shape index (κ1) is 22.1. The van der Waals surface area contributed by atoms with Crippen LogP contribution in [0, 0.1) is 0 Å². The molecule has 0 atom stereocenters. The number of aliphatic hydroxyl groups is 1. The Bertz CT molecular complexity index is 823. The minimum Gasteiger partial charge on any atom is -0.494 e. The molecular formula is C28H34O2. The van der Waals surface area contributed by atoms with E-state index in [1.54, 1.807) is 0 Å². The van der Waals surface area contributed by atoms with E-state index in [1.807, 2.05) is 6.07 Å². The second kappa shape index (κ2) is 12.9. The Morgan fingerprint density at radius 3 is 1.43 bits per heavy atom. The lowest BCUT2D eigenvalue weighted by Gasteiger charge is -2.08. The van der Waals surface area contributed by atoms with Gasteiger partial charge in [-0.2, -0.15) is 0 Å². The molecule has 0 aromatic heterocycles. The van der Waals surface area contributed by atoms with Crippen molar-refractivity contribution in [3.63, 3.8) is 0 Å². The van der Waals surface area contributed by atoms with Gasteiger partial charge in [-0.1, -0.05) is 105 Å². The van der Waals surface area contributed by atoms with E-state index >= 15 is 0 Å². The Morgan fingerprint density at radius 2 is 0.900 bits per heavy atom. The van der Waals surface area contributed by atoms with E-state index in [2.05, 4.69) is 72.8 Å². The molecule has 0 radical (unpaired) electrons. The third-order valence-electron chi connectivity index (χ3n) is 5.50. The lowest BCUT2D eigenvalue weighted by molar-refractivity contribution is 0.282. The fourth-order valence-electron chi connectivity index (χ4n) is 3.69. The number of unbranched alkanes of at least 4 members (excludes halogenated alkanes) is 7. The molecule has 0 aliphatic carbocycles. The monoisotopic (exact) mass is 402 g/mol. The first-order valence-electron chi connectivity index (χ1n) is 11.4. The van der Waals surface area contributed by atoms with Crippen LogP contribution in [0.1, 0.15) is 51.4 Å². The molecular weight excluding hydrogens is 368 g/mol. The smallest absolute Gasteiger partial charge is 0.119 e. The summed E-state index contributed by atoms with van der Waals surface area (Å²) in [4.78, 5) is 0. The number of ether oxygens (including phenoxy) is 1. The molecule has 0 saturated carbocycles. The zero-order valence-electron chi connectivity index (χ0n) is 17.9. The van der Waals surface area contributed by atoms with Gasteiger partial charge in [-0.15, -0.1) is 0 Å². The first-order chi connectivity index (χ1) is 14.9. The van der Waals surface area contributed by atoms with Gasteiger partial charge in [0.15, 0.2) is 0 Å². The molecule has 0 spiro atoms. The Balaban J connectivity index is 1.37. The molecule has 1 N–H and O–H groups in total. The van der Waals surface area contributed by atoms with Crippen LogP contribution in [0.3, 0.4) is 0 Å². The molecule has 0 aliphatic rings. The van der Waals surface area contributed by atoms with Crippen molar-refractivity contribution in [1.29, 1.82) is 0 Å². The van der Waals surface area contributed by atoms with Gasteiger partial charge >= 0.3 is 0 Å². The lowest BCUT2D eigenvalue weighted by atomic mass is 10.0. The summed E-state index contributed by atoms with van der Waals surface area (Å²) in [7, 11) is 0. The quantitative estimate of drug-likeness (QED) is 0.300. The molecule has 0 saturated heterocycles. The minimum absolute atomic E-state index is 0.332. The van der Waals surface area contributed by atoms with Crippen LogP contribution in [0.2, 0.25) is 0 Å². The van der Waals surface area contributed by atoms with Crippen molar-refractivity contribution in [2.24, 2.45) is 0 Å². The highest BCUT2D eigenvalue weighted by Crippen LogP contribution is 2.26. The third-order valence-corrected chi connectivity index (χ3v) is 5.50. The second-order valence-corrected chi connectivity index (χ2v) is 7.87. The topological polar surface area (TPSA) is 29.5 Å². The Kier molecular flexibility index (Phi) is 9.49. The average molecular weight is 403 g/mol. The summed E-state index contributed by atoms with van der Waals surface area (Å²) in [6, 6.07) is 27.6. The zero-order valence-corrected chi connectivity index (χ0v) is 17.9. The van der Waals surface area contributed by atoms with Crippen LogP contribution >= 0.6 is 0 Å². The SMILES string of the molecule is OCCCCCCCCCCOc1ccc(-c2ccc(-c3ccccc3)cc2)cc1. The van der Waals surface area contributed by atoms with E-state index in [4.69, 9.17) is 9.84 Å². The van der Waals surface area contributed by atoms with Crippen LogP contribution in [-0.4, -0.2) is 18.3 Å². The number of aliphatic hydroxyl groups excluding tert-OH is 1. The van der Waals surface area contributed by atoms with Crippen molar-refractivity contribution >= 4 is 0 Å². The fourth-order valence-corrected chi connectivity index (χ4v) is 3.69. The normalized spacial score (nSPS) is 10.8. The summed E-state index contributed by atoms with van der Waals surface area (Å²) in [5.74, 6) is 0.948. The van der Waals surface area contributed by atoms with E-state index in [9.17, 15) is 0 Å². The highest BCUT2D eigenvalue weighted by atomic mass is 16.5. The van der Waals surface area contributed by atoms with E-state index < -0.39 is 0 Å². The molecule has 2 heteroatoms. The zero-order chi connectivity index (χ0) is 20.9. The number of hydrogen-bond acceptors (Lipinski definition) is 2. The predicted octanol–water partition coefficient (Wildman–Crippen LogP) is 7.51. The van der Waals surface area contributed by atoms with Gasteiger partial charge in [0, 0.05) is 6.61 Å². The molecule has 0 amide bonds. The largest absolute Gasteiger partial charge is 0.494 e. The minimum atomic E-state index is 0.332.